The minimum absolute atomic E-state index is 0.0191. The maximum absolute atomic E-state index is 12.8. The third kappa shape index (κ3) is 6.68. The first kappa shape index (κ1) is 27.5. The molecule has 4 aromatic rings. The number of aromatic hydroxyl groups is 3. The predicted octanol–water partition coefficient (Wildman–Crippen LogP) is 6.41. The molecule has 0 aliphatic carbocycles. The lowest BCUT2D eigenvalue weighted by molar-refractivity contribution is 0.103. The second kappa shape index (κ2) is 12.4. The number of methoxy groups -OCH3 is 2. The molecule has 0 amide bonds. The number of hydrogen-bond acceptors (Lipinski definition) is 8. The van der Waals surface area contributed by atoms with Crippen LogP contribution in [-0.2, 0) is 0 Å². The third-order valence-electron chi connectivity index (χ3n) is 5.87. The van der Waals surface area contributed by atoms with Gasteiger partial charge in [0.2, 0.25) is 0 Å². The molecule has 0 atom stereocenters. The number of benzene rings is 4. The van der Waals surface area contributed by atoms with Crippen molar-refractivity contribution in [1.29, 1.82) is 0 Å². The van der Waals surface area contributed by atoms with Crippen LogP contribution in [0.2, 0.25) is 0 Å². The zero-order chi connectivity index (χ0) is 28.6. The molecule has 0 unspecified atom stereocenters. The Balaban J connectivity index is 1.48. The van der Waals surface area contributed by atoms with Crippen LogP contribution >= 0.6 is 0 Å². The van der Waals surface area contributed by atoms with Gasteiger partial charge >= 0.3 is 0 Å². The van der Waals surface area contributed by atoms with Crippen LogP contribution in [-0.4, -0.2) is 41.1 Å². The molecule has 202 valence electrons. The summed E-state index contributed by atoms with van der Waals surface area (Å²) < 4.78 is 16.3. The van der Waals surface area contributed by atoms with E-state index in [2.05, 4.69) is 0 Å². The number of allylic oxidation sites excluding steroid dienone is 2. The summed E-state index contributed by atoms with van der Waals surface area (Å²) in [5, 5.41) is 29.9. The molecule has 0 bridgehead atoms. The van der Waals surface area contributed by atoms with Gasteiger partial charge in [0.15, 0.2) is 23.1 Å². The van der Waals surface area contributed by atoms with Gasteiger partial charge in [0.05, 0.1) is 25.3 Å². The number of carbonyl (C=O) groups excluding carboxylic acids is 2. The lowest BCUT2D eigenvalue weighted by atomic mass is 10.1. The molecule has 0 saturated heterocycles. The largest absolute Gasteiger partial charge is 0.508 e. The van der Waals surface area contributed by atoms with Crippen molar-refractivity contribution < 1.29 is 39.1 Å². The van der Waals surface area contributed by atoms with Crippen LogP contribution in [0.3, 0.4) is 0 Å². The Labute approximate surface area is 230 Å². The summed E-state index contributed by atoms with van der Waals surface area (Å²) in [5.74, 6) is 0.174. The fraction of sp³-hybridized carbons (Fsp3) is 0.0625. The van der Waals surface area contributed by atoms with E-state index in [-0.39, 0.29) is 45.7 Å². The zero-order valence-electron chi connectivity index (χ0n) is 21.7. The molecule has 0 heterocycles. The zero-order valence-corrected chi connectivity index (χ0v) is 21.7. The Bertz CT molecular complexity index is 1580. The van der Waals surface area contributed by atoms with Crippen molar-refractivity contribution in [3.05, 3.63) is 113 Å². The molecule has 4 rings (SSSR count). The monoisotopic (exact) mass is 538 g/mol. The van der Waals surface area contributed by atoms with E-state index in [4.69, 9.17) is 14.2 Å². The molecule has 0 fully saturated rings. The normalized spacial score (nSPS) is 11.1. The van der Waals surface area contributed by atoms with E-state index < -0.39 is 5.78 Å². The van der Waals surface area contributed by atoms with Gasteiger partial charge in [-0.05, 0) is 65.7 Å². The van der Waals surface area contributed by atoms with E-state index in [1.165, 1.54) is 62.8 Å². The Morgan fingerprint density at radius 3 is 1.73 bits per heavy atom. The quantitative estimate of drug-likeness (QED) is 0.156. The third-order valence-corrected chi connectivity index (χ3v) is 5.87. The minimum Gasteiger partial charge on any atom is -0.508 e. The van der Waals surface area contributed by atoms with Crippen molar-refractivity contribution in [2.24, 2.45) is 0 Å². The first-order chi connectivity index (χ1) is 19.3. The lowest BCUT2D eigenvalue weighted by Crippen LogP contribution is -1.98. The molecule has 0 saturated carbocycles. The molecule has 0 aliphatic rings. The average molecular weight is 539 g/mol. The predicted molar refractivity (Wildman–Crippen MR) is 151 cm³/mol. The minimum atomic E-state index is -0.453. The second-order valence-corrected chi connectivity index (χ2v) is 8.56. The van der Waals surface area contributed by atoms with Crippen LogP contribution in [0, 0.1) is 0 Å². The van der Waals surface area contributed by atoms with Crippen molar-refractivity contribution >= 4 is 23.7 Å². The Morgan fingerprint density at radius 1 is 0.600 bits per heavy atom. The van der Waals surface area contributed by atoms with Crippen LogP contribution in [0.5, 0.6) is 40.2 Å². The lowest BCUT2D eigenvalue weighted by Gasteiger charge is -2.13. The number of carbonyl (C=O) groups is 2. The van der Waals surface area contributed by atoms with Crippen LogP contribution in [0.25, 0.3) is 12.2 Å². The first-order valence-electron chi connectivity index (χ1n) is 12.1. The maximum Gasteiger partial charge on any atom is 0.189 e. The highest BCUT2D eigenvalue weighted by Crippen LogP contribution is 2.37. The Hall–Kier alpha value is -5.50. The molecule has 8 nitrogen and oxygen atoms in total. The van der Waals surface area contributed by atoms with Gasteiger partial charge in [-0.25, -0.2) is 0 Å². The highest BCUT2D eigenvalue weighted by molar-refractivity contribution is 6.09. The van der Waals surface area contributed by atoms with Gasteiger partial charge in [-0.15, -0.1) is 0 Å². The summed E-state index contributed by atoms with van der Waals surface area (Å²) in [6.07, 6.45) is 5.84. The summed E-state index contributed by atoms with van der Waals surface area (Å²) in [7, 11) is 2.89. The van der Waals surface area contributed by atoms with Gasteiger partial charge < -0.3 is 29.5 Å². The standard InChI is InChI=1S/C32H26O8/c1-38-24-13-14-25(29(36)17-24)27(34)15-7-21-5-11-23(12-6-21)40-32-18-26(30(37)19-31(32)39-2)28(35)16-8-20-3-9-22(33)10-4-20/h3-19,33,36-37H,1-2H3. The smallest absolute Gasteiger partial charge is 0.189 e. The maximum atomic E-state index is 12.8. The fourth-order valence-electron chi connectivity index (χ4n) is 3.72. The van der Waals surface area contributed by atoms with E-state index in [0.717, 1.165) is 0 Å². The van der Waals surface area contributed by atoms with E-state index in [1.54, 1.807) is 54.6 Å². The van der Waals surface area contributed by atoms with Crippen LogP contribution in [0.1, 0.15) is 31.8 Å². The Kier molecular flexibility index (Phi) is 8.51. The summed E-state index contributed by atoms with van der Waals surface area (Å²) >= 11 is 0. The number of phenols is 3. The van der Waals surface area contributed by atoms with E-state index >= 15 is 0 Å². The molecule has 40 heavy (non-hydrogen) atoms. The summed E-state index contributed by atoms with van der Waals surface area (Å²) in [4.78, 5) is 25.3. The number of phenolic OH excluding ortho intramolecular Hbond substituents is 3. The fourth-order valence-corrected chi connectivity index (χ4v) is 3.72. The highest BCUT2D eigenvalue weighted by Gasteiger charge is 2.16. The van der Waals surface area contributed by atoms with Gasteiger partial charge in [-0.3, -0.25) is 9.59 Å². The summed E-state index contributed by atoms with van der Waals surface area (Å²) in [6, 6.07) is 20.3. The van der Waals surface area contributed by atoms with Crippen LogP contribution in [0.4, 0.5) is 0 Å². The van der Waals surface area contributed by atoms with Gasteiger partial charge in [-0.2, -0.15) is 0 Å². The van der Waals surface area contributed by atoms with E-state index in [9.17, 15) is 24.9 Å². The van der Waals surface area contributed by atoms with Gasteiger partial charge in [0, 0.05) is 12.1 Å². The number of ether oxygens (including phenoxy) is 3. The number of rotatable bonds is 10. The van der Waals surface area contributed by atoms with Crippen LogP contribution < -0.4 is 14.2 Å². The Morgan fingerprint density at radius 2 is 1.15 bits per heavy atom. The van der Waals surface area contributed by atoms with E-state index in [1.807, 2.05) is 0 Å². The molecule has 0 spiro atoms. The number of hydrogen-bond donors (Lipinski definition) is 3. The second-order valence-electron chi connectivity index (χ2n) is 8.56. The van der Waals surface area contributed by atoms with Gasteiger partial charge in [0.25, 0.3) is 0 Å². The average Bonchev–Trinajstić information content (AvgIpc) is 2.96. The number of ketones is 2. The van der Waals surface area contributed by atoms with Crippen molar-refractivity contribution in [2.45, 2.75) is 0 Å². The molecule has 8 heteroatoms. The SMILES string of the molecule is COc1ccc(C(=O)C=Cc2ccc(Oc3cc(C(=O)C=Cc4ccc(O)cc4)c(O)cc3OC)cc2)c(O)c1. The van der Waals surface area contributed by atoms with Crippen molar-refractivity contribution in [1.82, 2.24) is 0 Å². The molecular weight excluding hydrogens is 512 g/mol. The first-order valence-corrected chi connectivity index (χ1v) is 12.1. The topological polar surface area (TPSA) is 123 Å². The molecule has 3 N–H and O–H groups in total. The van der Waals surface area contributed by atoms with Crippen molar-refractivity contribution in [3.63, 3.8) is 0 Å². The molecule has 4 aromatic carbocycles. The highest BCUT2D eigenvalue weighted by atomic mass is 16.5. The van der Waals surface area contributed by atoms with Gasteiger partial charge in [-0.1, -0.05) is 36.4 Å². The summed E-state index contributed by atoms with van der Waals surface area (Å²) in [5.41, 5.74) is 1.58. The summed E-state index contributed by atoms with van der Waals surface area (Å²) in [6.45, 7) is 0. The molecular formula is C32H26O8. The molecule has 0 aromatic heterocycles. The molecule has 0 aliphatic heterocycles. The van der Waals surface area contributed by atoms with Crippen LogP contribution in [0.15, 0.2) is 91.0 Å². The molecule has 0 radical (unpaired) electrons. The van der Waals surface area contributed by atoms with Crippen molar-refractivity contribution in [3.8, 4) is 40.2 Å². The van der Waals surface area contributed by atoms with E-state index in [0.29, 0.717) is 22.6 Å². The van der Waals surface area contributed by atoms with Crippen molar-refractivity contribution in [2.75, 3.05) is 14.2 Å². The van der Waals surface area contributed by atoms with Gasteiger partial charge in [0.1, 0.15) is 28.7 Å².